The predicted molar refractivity (Wildman–Crippen MR) is 92.5 cm³/mol. The first-order valence-corrected chi connectivity index (χ1v) is 7.63. The van der Waals surface area contributed by atoms with Crippen LogP contribution in [0.5, 0.6) is 0 Å². The Balaban J connectivity index is 2.63. The van der Waals surface area contributed by atoms with Crippen LogP contribution in [-0.2, 0) is 4.79 Å². The Kier molecular flexibility index (Phi) is 6.78. The van der Waals surface area contributed by atoms with Crippen LogP contribution in [0.3, 0.4) is 0 Å². The summed E-state index contributed by atoms with van der Waals surface area (Å²) in [4.78, 5) is 14.7. The topological polar surface area (TPSA) is 58.4 Å². The van der Waals surface area contributed by atoms with E-state index in [-0.39, 0.29) is 11.9 Å². The zero-order valence-electron chi connectivity index (χ0n) is 13.2. The normalized spacial score (nSPS) is 12.5. The van der Waals surface area contributed by atoms with Crippen molar-refractivity contribution in [3.05, 3.63) is 29.8 Å². The van der Waals surface area contributed by atoms with E-state index in [1.54, 1.807) is 6.07 Å². The molecule has 116 valence electrons. The molecule has 0 radical (unpaired) electrons. The quantitative estimate of drug-likeness (QED) is 0.760. The average Bonchev–Trinajstić information content (AvgIpc) is 2.44. The molecule has 21 heavy (non-hydrogen) atoms. The molecule has 0 fully saturated rings. The largest absolute Gasteiger partial charge is 0.389 e. The van der Waals surface area contributed by atoms with Crippen molar-refractivity contribution in [2.75, 3.05) is 18.9 Å². The number of carbonyl (C=O) groups is 1. The van der Waals surface area contributed by atoms with Gasteiger partial charge in [0.25, 0.3) is 0 Å². The van der Waals surface area contributed by atoms with Crippen LogP contribution in [0.1, 0.15) is 32.8 Å². The molecule has 1 atom stereocenters. The Labute approximate surface area is 132 Å². The van der Waals surface area contributed by atoms with E-state index in [4.69, 9.17) is 18.0 Å². The molecule has 1 unspecified atom stereocenters. The van der Waals surface area contributed by atoms with E-state index >= 15 is 0 Å². The molecule has 0 saturated heterocycles. The van der Waals surface area contributed by atoms with Gasteiger partial charge in [-0.25, -0.2) is 0 Å². The molecule has 0 aliphatic rings. The fourth-order valence-corrected chi connectivity index (χ4v) is 1.98. The van der Waals surface area contributed by atoms with E-state index in [1.807, 2.05) is 32.2 Å². The number of amides is 1. The van der Waals surface area contributed by atoms with E-state index in [0.29, 0.717) is 10.9 Å². The van der Waals surface area contributed by atoms with Gasteiger partial charge in [0.1, 0.15) is 4.99 Å². The summed E-state index contributed by atoms with van der Waals surface area (Å²) in [5.41, 5.74) is 7.07. The number of nitrogens with two attached hydrogens (primary N) is 1. The molecule has 0 aromatic heterocycles. The monoisotopic (exact) mass is 307 g/mol. The van der Waals surface area contributed by atoms with Crippen LogP contribution in [0.25, 0.3) is 0 Å². The summed E-state index contributed by atoms with van der Waals surface area (Å²) in [5, 5.41) is 2.91. The van der Waals surface area contributed by atoms with Crippen molar-refractivity contribution < 1.29 is 4.79 Å². The molecule has 0 heterocycles. The van der Waals surface area contributed by atoms with Gasteiger partial charge < -0.3 is 11.1 Å². The fraction of sp³-hybridized carbons (Fsp3) is 0.500. The van der Waals surface area contributed by atoms with Crippen LogP contribution in [0.15, 0.2) is 24.3 Å². The molecular formula is C16H25N3OS. The maximum absolute atomic E-state index is 12.3. The minimum atomic E-state index is -0.183. The number of hydrogen-bond acceptors (Lipinski definition) is 3. The third-order valence-electron chi connectivity index (χ3n) is 3.51. The summed E-state index contributed by atoms with van der Waals surface area (Å²) in [6, 6.07) is 7.10. The molecule has 0 aliphatic carbocycles. The number of nitrogens with zero attached hydrogens (tertiary/aromatic N) is 1. The fourth-order valence-electron chi connectivity index (χ4n) is 1.85. The van der Waals surface area contributed by atoms with Gasteiger partial charge in [0.15, 0.2) is 0 Å². The zero-order valence-corrected chi connectivity index (χ0v) is 14.0. The lowest BCUT2D eigenvalue weighted by Gasteiger charge is -2.24. The van der Waals surface area contributed by atoms with Crippen molar-refractivity contribution >= 4 is 28.8 Å². The van der Waals surface area contributed by atoms with E-state index in [9.17, 15) is 4.79 Å². The highest BCUT2D eigenvalue weighted by molar-refractivity contribution is 7.80. The molecule has 4 nitrogen and oxygen atoms in total. The molecule has 0 aliphatic heterocycles. The highest BCUT2D eigenvalue weighted by atomic mass is 32.1. The Hall–Kier alpha value is -1.46. The van der Waals surface area contributed by atoms with Crippen LogP contribution in [0, 0.1) is 5.92 Å². The van der Waals surface area contributed by atoms with Crippen molar-refractivity contribution in [3.63, 3.8) is 0 Å². The summed E-state index contributed by atoms with van der Waals surface area (Å²) in [5.74, 6) is 0.603. The van der Waals surface area contributed by atoms with Gasteiger partial charge in [0, 0.05) is 11.3 Å². The van der Waals surface area contributed by atoms with Gasteiger partial charge in [-0.05, 0) is 45.0 Å². The lowest BCUT2D eigenvalue weighted by molar-refractivity contribution is -0.120. The summed E-state index contributed by atoms with van der Waals surface area (Å²) in [6.07, 6.45) is 1.07. The van der Waals surface area contributed by atoms with Gasteiger partial charge in [-0.3, -0.25) is 9.69 Å². The number of rotatable bonds is 7. The van der Waals surface area contributed by atoms with Crippen molar-refractivity contribution in [3.8, 4) is 0 Å². The van der Waals surface area contributed by atoms with Crippen molar-refractivity contribution in [1.82, 2.24) is 4.90 Å². The zero-order chi connectivity index (χ0) is 16.0. The van der Waals surface area contributed by atoms with Crippen LogP contribution in [0.4, 0.5) is 5.69 Å². The van der Waals surface area contributed by atoms with Crippen LogP contribution >= 0.6 is 12.2 Å². The van der Waals surface area contributed by atoms with Crippen molar-refractivity contribution in [1.29, 1.82) is 0 Å². The third kappa shape index (κ3) is 5.81. The second-order valence-corrected chi connectivity index (χ2v) is 6.21. The molecule has 1 aromatic rings. The van der Waals surface area contributed by atoms with Crippen LogP contribution < -0.4 is 11.1 Å². The SMILES string of the molecule is CC(C)CCN(C)C(C)C(=O)Nc1cccc(C(N)=S)c1. The van der Waals surface area contributed by atoms with Gasteiger partial charge in [-0.2, -0.15) is 0 Å². The maximum atomic E-state index is 12.3. The summed E-state index contributed by atoms with van der Waals surface area (Å²) < 4.78 is 0. The molecule has 1 amide bonds. The summed E-state index contributed by atoms with van der Waals surface area (Å²) in [7, 11) is 1.97. The van der Waals surface area contributed by atoms with E-state index in [2.05, 4.69) is 24.1 Å². The van der Waals surface area contributed by atoms with Crippen molar-refractivity contribution in [2.24, 2.45) is 11.7 Å². The molecule has 5 heteroatoms. The first-order chi connectivity index (χ1) is 9.81. The first-order valence-electron chi connectivity index (χ1n) is 7.22. The average molecular weight is 307 g/mol. The van der Waals surface area contributed by atoms with Gasteiger partial charge in [0.2, 0.25) is 5.91 Å². The highest BCUT2D eigenvalue weighted by Gasteiger charge is 2.18. The minimum Gasteiger partial charge on any atom is -0.389 e. The smallest absolute Gasteiger partial charge is 0.241 e. The van der Waals surface area contributed by atoms with Crippen LogP contribution in [0.2, 0.25) is 0 Å². The van der Waals surface area contributed by atoms with Gasteiger partial charge in [0.05, 0.1) is 6.04 Å². The molecular weight excluding hydrogens is 282 g/mol. The summed E-state index contributed by atoms with van der Waals surface area (Å²) >= 11 is 4.94. The number of anilines is 1. The van der Waals surface area contributed by atoms with Crippen molar-refractivity contribution in [2.45, 2.75) is 33.2 Å². The lowest BCUT2D eigenvalue weighted by Crippen LogP contribution is -2.40. The number of benzene rings is 1. The first kappa shape index (κ1) is 17.6. The van der Waals surface area contributed by atoms with Crippen LogP contribution in [-0.4, -0.2) is 35.4 Å². The minimum absolute atomic E-state index is 0.0265. The Morgan fingerprint density at radius 1 is 1.38 bits per heavy atom. The molecule has 0 saturated carbocycles. The van der Waals surface area contributed by atoms with E-state index < -0.39 is 0 Å². The summed E-state index contributed by atoms with van der Waals surface area (Å²) in [6.45, 7) is 7.17. The predicted octanol–water partition coefficient (Wildman–Crippen LogP) is 2.63. The van der Waals surface area contributed by atoms with E-state index in [0.717, 1.165) is 24.2 Å². The van der Waals surface area contributed by atoms with Gasteiger partial charge in [-0.1, -0.05) is 38.2 Å². The third-order valence-corrected chi connectivity index (χ3v) is 3.75. The number of likely N-dealkylation sites (N-methyl/N-ethyl adjacent to an activating group) is 1. The lowest BCUT2D eigenvalue weighted by atomic mass is 10.1. The molecule has 3 N–H and O–H groups in total. The number of hydrogen-bond donors (Lipinski definition) is 2. The van der Waals surface area contributed by atoms with E-state index in [1.165, 1.54) is 0 Å². The Morgan fingerprint density at radius 2 is 2.05 bits per heavy atom. The number of carbonyl (C=O) groups excluding carboxylic acids is 1. The molecule has 1 rings (SSSR count). The van der Waals surface area contributed by atoms with Gasteiger partial charge in [-0.15, -0.1) is 0 Å². The van der Waals surface area contributed by atoms with Gasteiger partial charge >= 0.3 is 0 Å². The number of nitrogens with one attached hydrogen (secondary N) is 1. The molecule has 0 spiro atoms. The second-order valence-electron chi connectivity index (χ2n) is 5.77. The highest BCUT2D eigenvalue weighted by Crippen LogP contribution is 2.12. The Morgan fingerprint density at radius 3 is 2.62 bits per heavy atom. The molecule has 1 aromatic carbocycles. The maximum Gasteiger partial charge on any atom is 0.241 e. The second kappa shape index (κ2) is 8.10. The Bertz CT molecular complexity index is 502. The number of thiocarbonyl (C=S) groups is 1. The molecule has 0 bridgehead atoms. The standard InChI is InChI=1S/C16H25N3OS/c1-11(2)8-9-19(4)12(3)16(20)18-14-7-5-6-13(10-14)15(17)21/h5-7,10-12H,8-9H2,1-4H3,(H2,17,21)(H,18,20).